The van der Waals surface area contributed by atoms with Crippen molar-refractivity contribution in [2.45, 2.75) is 63.6 Å². The molecule has 0 aliphatic heterocycles. The molecule has 0 radical (unpaired) electrons. The Kier molecular flexibility index (Phi) is 3.45. The number of hydrogen-bond acceptors (Lipinski definition) is 2. The second-order valence-corrected chi connectivity index (χ2v) is 5.14. The fraction of sp³-hybridized carbons (Fsp3) is 1.00. The van der Waals surface area contributed by atoms with Crippen LogP contribution in [0.15, 0.2) is 0 Å². The molecule has 2 rings (SSSR count). The van der Waals surface area contributed by atoms with Crippen LogP contribution in [0.2, 0.25) is 0 Å². The summed E-state index contributed by atoms with van der Waals surface area (Å²) in [4.78, 5) is 0. The summed E-state index contributed by atoms with van der Waals surface area (Å²) >= 11 is 0. The first-order valence-electron chi connectivity index (χ1n) is 6.12. The van der Waals surface area contributed by atoms with Gasteiger partial charge in [0.2, 0.25) is 0 Å². The summed E-state index contributed by atoms with van der Waals surface area (Å²) in [5.41, 5.74) is 0. The Morgan fingerprint density at radius 1 is 0.500 bits per heavy atom. The van der Waals surface area contributed by atoms with Crippen LogP contribution in [0.3, 0.4) is 0 Å². The van der Waals surface area contributed by atoms with Crippen LogP contribution in [0.25, 0.3) is 0 Å². The molecule has 2 nitrogen and oxygen atoms in total. The van der Waals surface area contributed by atoms with E-state index in [1.165, 1.54) is 25.7 Å². The molecule has 2 aliphatic rings. The highest BCUT2D eigenvalue weighted by Gasteiger charge is 2.29. The van der Waals surface area contributed by atoms with Gasteiger partial charge in [-0.25, -0.2) is 0 Å². The lowest BCUT2D eigenvalue weighted by molar-refractivity contribution is 0.0543. The first-order chi connectivity index (χ1) is 6.75. The first-order valence-corrected chi connectivity index (χ1v) is 6.12. The zero-order valence-corrected chi connectivity index (χ0v) is 8.86. The van der Waals surface area contributed by atoms with Gasteiger partial charge in [-0.2, -0.15) is 0 Å². The summed E-state index contributed by atoms with van der Waals surface area (Å²) in [6.45, 7) is 0. The van der Waals surface area contributed by atoms with Gasteiger partial charge in [-0.05, 0) is 63.2 Å². The molecule has 0 saturated heterocycles. The standard InChI is InChI=1S/C12H22O2/c13-11-5-1-9(2-6-11)10-3-7-12(14)8-4-10/h9-14H,1-8H2. The van der Waals surface area contributed by atoms with Crippen LogP contribution in [0.5, 0.6) is 0 Å². The summed E-state index contributed by atoms with van der Waals surface area (Å²) in [6.07, 6.45) is 8.80. The Morgan fingerprint density at radius 2 is 0.786 bits per heavy atom. The van der Waals surface area contributed by atoms with Crippen LogP contribution in [0.1, 0.15) is 51.4 Å². The Bertz CT molecular complexity index is 145. The Balaban J connectivity index is 1.78. The quantitative estimate of drug-likeness (QED) is 0.677. The van der Waals surface area contributed by atoms with Gasteiger partial charge in [0.25, 0.3) is 0 Å². The Labute approximate surface area is 86.3 Å². The lowest BCUT2D eigenvalue weighted by atomic mass is 9.72. The monoisotopic (exact) mass is 198 g/mol. The van der Waals surface area contributed by atoms with Gasteiger partial charge >= 0.3 is 0 Å². The summed E-state index contributed by atoms with van der Waals surface area (Å²) in [7, 11) is 0. The third-order valence-electron chi connectivity index (χ3n) is 4.15. The minimum absolute atomic E-state index is 0.0274. The van der Waals surface area contributed by atoms with E-state index in [1.807, 2.05) is 0 Å². The van der Waals surface area contributed by atoms with Crippen LogP contribution in [-0.4, -0.2) is 22.4 Å². The Hall–Kier alpha value is -0.0800. The van der Waals surface area contributed by atoms with Crippen LogP contribution in [0.4, 0.5) is 0 Å². The minimum Gasteiger partial charge on any atom is -0.393 e. The highest BCUT2D eigenvalue weighted by atomic mass is 16.3. The molecule has 2 N–H and O–H groups in total. The molecule has 0 heterocycles. The topological polar surface area (TPSA) is 40.5 Å². The predicted molar refractivity (Wildman–Crippen MR) is 55.9 cm³/mol. The van der Waals surface area contributed by atoms with E-state index in [-0.39, 0.29) is 12.2 Å². The molecule has 2 heteroatoms. The number of rotatable bonds is 1. The first kappa shape index (κ1) is 10.4. The summed E-state index contributed by atoms with van der Waals surface area (Å²) in [6, 6.07) is 0. The van der Waals surface area contributed by atoms with Crippen molar-refractivity contribution in [2.24, 2.45) is 11.8 Å². The smallest absolute Gasteiger partial charge is 0.0540 e. The molecular formula is C12H22O2. The molecule has 82 valence electrons. The van der Waals surface area contributed by atoms with Crippen molar-refractivity contribution in [3.8, 4) is 0 Å². The zero-order chi connectivity index (χ0) is 9.97. The average molecular weight is 198 g/mol. The van der Waals surface area contributed by atoms with E-state index in [0.717, 1.165) is 37.5 Å². The van der Waals surface area contributed by atoms with Gasteiger partial charge in [0.1, 0.15) is 0 Å². The fourth-order valence-electron chi connectivity index (χ4n) is 3.15. The average Bonchev–Trinajstić information content (AvgIpc) is 2.21. The maximum atomic E-state index is 9.43. The second kappa shape index (κ2) is 4.63. The summed E-state index contributed by atoms with van der Waals surface area (Å²) < 4.78 is 0. The molecular weight excluding hydrogens is 176 g/mol. The van der Waals surface area contributed by atoms with Gasteiger partial charge in [-0.1, -0.05) is 0 Å². The van der Waals surface area contributed by atoms with Gasteiger partial charge in [0.15, 0.2) is 0 Å². The third-order valence-corrected chi connectivity index (χ3v) is 4.15. The molecule has 0 unspecified atom stereocenters. The molecule has 0 atom stereocenters. The molecule has 2 fully saturated rings. The second-order valence-electron chi connectivity index (χ2n) is 5.14. The molecule has 14 heavy (non-hydrogen) atoms. The number of hydrogen-bond donors (Lipinski definition) is 2. The van der Waals surface area contributed by atoms with E-state index in [4.69, 9.17) is 0 Å². The highest BCUT2D eigenvalue weighted by Crippen LogP contribution is 2.38. The largest absolute Gasteiger partial charge is 0.393 e. The lowest BCUT2D eigenvalue weighted by Crippen LogP contribution is -2.28. The van der Waals surface area contributed by atoms with E-state index in [9.17, 15) is 10.2 Å². The van der Waals surface area contributed by atoms with E-state index < -0.39 is 0 Å². The van der Waals surface area contributed by atoms with Gasteiger partial charge in [0.05, 0.1) is 12.2 Å². The van der Waals surface area contributed by atoms with E-state index in [1.54, 1.807) is 0 Å². The van der Waals surface area contributed by atoms with Gasteiger partial charge in [-0.15, -0.1) is 0 Å². The molecule has 0 amide bonds. The van der Waals surface area contributed by atoms with Crippen LogP contribution in [-0.2, 0) is 0 Å². The van der Waals surface area contributed by atoms with Crippen molar-refractivity contribution in [1.29, 1.82) is 0 Å². The SMILES string of the molecule is OC1CCC(C2CCC(O)CC2)CC1. The van der Waals surface area contributed by atoms with Crippen molar-refractivity contribution in [3.05, 3.63) is 0 Å². The van der Waals surface area contributed by atoms with E-state index >= 15 is 0 Å². The van der Waals surface area contributed by atoms with Crippen LogP contribution < -0.4 is 0 Å². The Morgan fingerprint density at radius 3 is 1.07 bits per heavy atom. The van der Waals surface area contributed by atoms with Crippen LogP contribution in [0, 0.1) is 11.8 Å². The fourth-order valence-corrected chi connectivity index (χ4v) is 3.15. The molecule has 0 bridgehead atoms. The van der Waals surface area contributed by atoms with Gasteiger partial charge < -0.3 is 10.2 Å². The van der Waals surface area contributed by atoms with Crippen molar-refractivity contribution in [2.75, 3.05) is 0 Å². The predicted octanol–water partition coefficient (Wildman–Crippen LogP) is 2.09. The molecule has 2 saturated carbocycles. The van der Waals surface area contributed by atoms with E-state index in [2.05, 4.69) is 0 Å². The minimum atomic E-state index is -0.0274. The highest BCUT2D eigenvalue weighted by molar-refractivity contribution is 4.81. The summed E-state index contributed by atoms with van der Waals surface area (Å²) in [5.74, 6) is 1.68. The maximum absolute atomic E-state index is 9.43. The van der Waals surface area contributed by atoms with Crippen molar-refractivity contribution < 1.29 is 10.2 Å². The number of aliphatic hydroxyl groups is 2. The van der Waals surface area contributed by atoms with E-state index in [0.29, 0.717) is 0 Å². The molecule has 0 aromatic heterocycles. The van der Waals surface area contributed by atoms with Crippen molar-refractivity contribution in [1.82, 2.24) is 0 Å². The lowest BCUT2D eigenvalue weighted by Gasteiger charge is -2.35. The molecule has 0 spiro atoms. The van der Waals surface area contributed by atoms with Crippen molar-refractivity contribution in [3.63, 3.8) is 0 Å². The zero-order valence-electron chi connectivity index (χ0n) is 8.86. The molecule has 0 aromatic rings. The molecule has 2 aliphatic carbocycles. The van der Waals surface area contributed by atoms with Gasteiger partial charge in [-0.3, -0.25) is 0 Å². The van der Waals surface area contributed by atoms with Gasteiger partial charge in [0, 0.05) is 0 Å². The molecule has 0 aromatic carbocycles. The third kappa shape index (κ3) is 2.48. The van der Waals surface area contributed by atoms with Crippen molar-refractivity contribution >= 4 is 0 Å². The van der Waals surface area contributed by atoms with Crippen LogP contribution >= 0.6 is 0 Å². The summed E-state index contributed by atoms with van der Waals surface area (Å²) in [5, 5.41) is 18.9. The maximum Gasteiger partial charge on any atom is 0.0540 e. The normalized spacial score (nSPS) is 45.0. The number of aliphatic hydroxyl groups excluding tert-OH is 2.